The molecule has 3 aliphatic carbocycles. The minimum atomic E-state index is 1.16. The molecular formula is C14H24. The molecule has 0 aromatic heterocycles. The Labute approximate surface area is 88.5 Å². The largest absolute Gasteiger partial charge is 0.0530 e. The molecule has 0 radical (unpaired) electrons. The Balaban J connectivity index is 1.74. The van der Waals surface area contributed by atoms with Gasteiger partial charge in [0.05, 0.1) is 0 Å². The third-order valence-electron chi connectivity index (χ3n) is 5.39. The molecule has 0 aromatic carbocycles. The third kappa shape index (κ3) is 1.51. The van der Waals surface area contributed by atoms with Gasteiger partial charge in [0.1, 0.15) is 0 Å². The first-order chi connectivity index (χ1) is 6.95. The Morgan fingerprint density at radius 1 is 0.429 bits per heavy atom. The molecule has 0 unspecified atom stereocenters. The summed E-state index contributed by atoms with van der Waals surface area (Å²) in [6, 6.07) is 0. The minimum absolute atomic E-state index is 1.16. The molecule has 0 N–H and O–H groups in total. The van der Waals surface area contributed by atoms with Crippen molar-refractivity contribution in [1.29, 1.82) is 0 Å². The fraction of sp³-hybridized carbons (Fsp3) is 1.00. The van der Waals surface area contributed by atoms with Crippen molar-refractivity contribution in [2.75, 3.05) is 0 Å². The van der Waals surface area contributed by atoms with E-state index in [1.807, 2.05) is 0 Å². The van der Waals surface area contributed by atoms with Crippen LogP contribution >= 0.6 is 0 Å². The first-order valence-electron chi connectivity index (χ1n) is 6.95. The molecule has 3 fully saturated rings. The Morgan fingerprint density at radius 3 is 1.36 bits per heavy atom. The summed E-state index contributed by atoms with van der Waals surface area (Å²) < 4.78 is 0. The highest BCUT2D eigenvalue weighted by Gasteiger charge is 2.40. The first kappa shape index (κ1) is 9.24. The lowest BCUT2D eigenvalue weighted by molar-refractivity contribution is 0.0278. The summed E-state index contributed by atoms with van der Waals surface area (Å²) in [5.41, 5.74) is 0. The summed E-state index contributed by atoms with van der Waals surface area (Å²) in [5.74, 6) is 4.65. The van der Waals surface area contributed by atoms with Crippen molar-refractivity contribution in [2.24, 2.45) is 23.7 Å². The van der Waals surface area contributed by atoms with Gasteiger partial charge in [0, 0.05) is 0 Å². The molecule has 3 saturated carbocycles. The second-order valence-electron chi connectivity index (χ2n) is 5.99. The number of rotatable bonds is 0. The van der Waals surface area contributed by atoms with Gasteiger partial charge in [0.15, 0.2) is 0 Å². The topological polar surface area (TPSA) is 0 Å². The Hall–Kier alpha value is 0. The van der Waals surface area contributed by atoms with E-state index in [1.165, 1.54) is 11.8 Å². The Morgan fingerprint density at radius 2 is 0.857 bits per heavy atom. The van der Waals surface area contributed by atoms with Crippen molar-refractivity contribution < 1.29 is 0 Å². The minimum Gasteiger partial charge on any atom is -0.0530 e. The summed E-state index contributed by atoms with van der Waals surface area (Å²) >= 11 is 0. The second-order valence-corrected chi connectivity index (χ2v) is 5.99. The second kappa shape index (κ2) is 3.87. The summed E-state index contributed by atoms with van der Waals surface area (Å²) in [6.45, 7) is 0. The van der Waals surface area contributed by atoms with Crippen LogP contribution in [0.3, 0.4) is 0 Å². The van der Waals surface area contributed by atoms with Gasteiger partial charge in [-0.3, -0.25) is 0 Å². The Bertz CT molecular complexity index is 174. The van der Waals surface area contributed by atoms with Gasteiger partial charge in [-0.15, -0.1) is 0 Å². The zero-order chi connectivity index (χ0) is 9.38. The summed E-state index contributed by atoms with van der Waals surface area (Å²) in [6.07, 6.45) is 15.7. The normalized spacial score (nSPS) is 48.0. The predicted octanol–water partition coefficient (Wildman–Crippen LogP) is 4.39. The molecule has 3 rings (SSSR count). The summed E-state index contributed by atoms with van der Waals surface area (Å²) in [7, 11) is 0. The van der Waals surface area contributed by atoms with Gasteiger partial charge in [0.2, 0.25) is 0 Å². The first-order valence-corrected chi connectivity index (χ1v) is 6.95. The van der Waals surface area contributed by atoms with Crippen LogP contribution in [0.4, 0.5) is 0 Å². The zero-order valence-electron chi connectivity index (χ0n) is 9.38. The Kier molecular flexibility index (Phi) is 2.55. The van der Waals surface area contributed by atoms with Gasteiger partial charge >= 0.3 is 0 Å². The van der Waals surface area contributed by atoms with Crippen LogP contribution in [0.1, 0.15) is 64.2 Å². The van der Waals surface area contributed by atoms with E-state index in [-0.39, 0.29) is 0 Å². The zero-order valence-corrected chi connectivity index (χ0v) is 9.38. The predicted molar refractivity (Wildman–Crippen MR) is 60.1 cm³/mol. The molecule has 0 bridgehead atoms. The lowest BCUT2D eigenvalue weighted by atomic mass is 9.58. The quantitative estimate of drug-likeness (QED) is 0.534. The molecule has 4 atom stereocenters. The molecule has 3 aliphatic rings. The summed E-state index contributed by atoms with van der Waals surface area (Å²) in [4.78, 5) is 0. The number of hydrogen-bond donors (Lipinski definition) is 0. The molecule has 0 heterocycles. The molecule has 0 spiro atoms. The van der Waals surface area contributed by atoms with Crippen LogP contribution in [0.15, 0.2) is 0 Å². The molecular weight excluding hydrogens is 168 g/mol. The molecule has 0 aliphatic heterocycles. The van der Waals surface area contributed by atoms with E-state index in [2.05, 4.69) is 0 Å². The van der Waals surface area contributed by atoms with E-state index >= 15 is 0 Å². The highest BCUT2D eigenvalue weighted by molar-refractivity contribution is 4.91. The fourth-order valence-electron chi connectivity index (χ4n) is 4.74. The van der Waals surface area contributed by atoms with Crippen molar-refractivity contribution in [3.05, 3.63) is 0 Å². The molecule has 0 heteroatoms. The average molecular weight is 192 g/mol. The molecule has 0 saturated heterocycles. The maximum Gasteiger partial charge on any atom is -0.0355 e. The van der Waals surface area contributed by atoms with E-state index in [1.54, 1.807) is 64.2 Å². The van der Waals surface area contributed by atoms with Crippen LogP contribution in [0.2, 0.25) is 0 Å². The van der Waals surface area contributed by atoms with Gasteiger partial charge in [-0.25, -0.2) is 0 Å². The van der Waals surface area contributed by atoms with E-state index in [0.717, 1.165) is 11.8 Å². The highest BCUT2D eigenvalue weighted by atomic mass is 14.5. The van der Waals surface area contributed by atoms with Crippen LogP contribution in [0.25, 0.3) is 0 Å². The molecule has 14 heavy (non-hydrogen) atoms. The van der Waals surface area contributed by atoms with E-state index < -0.39 is 0 Å². The number of fused-ring (bicyclic) bond motifs is 3. The van der Waals surface area contributed by atoms with E-state index in [4.69, 9.17) is 0 Å². The standard InChI is InChI=1S/C14H24/c1-3-7-13-11(5-1)9-10-12-6-2-4-8-14(12)13/h11-14H,1-10H2/t11-,12-,13+,14+/m0/s1. The maximum atomic E-state index is 1.59. The van der Waals surface area contributed by atoms with Crippen molar-refractivity contribution in [3.63, 3.8) is 0 Å². The van der Waals surface area contributed by atoms with Crippen molar-refractivity contribution >= 4 is 0 Å². The van der Waals surface area contributed by atoms with Crippen molar-refractivity contribution in [3.8, 4) is 0 Å². The number of hydrogen-bond acceptors (Lipinski definition) is 0. The van der Waals surface area contributed by atoms with Crippen LogP contribution < -0.4 is 0 Å². The lowest BCUT2D eigenvalue weighted by Gasteiger charge is -2.48. The van der Waals surface area contributed by atoms with Gasteiger partial charge in [-0.1, -0.05) is 38.5 Å². The fourth-order valence-corrected chi connectivity index (χ4v) is 4.74. The van der Waals surface area contributed by atoms with Crippen LogP contribution in [-0.4, -0.2) is 0 Å². The van der Waals surface area contributed by atoms with E-state index in [9.17, 15) is 0 Å². The third-order valence-corrected chi connectivity index (χ3v) is 5.39. The molecule has 0 amide bonds. The van der Waals surface area contributed by atoms with Gasteiger partial charge in [-0.05, 0) is 49.4 Å². The van der Waals surface area contributed by atoms with Gasteiger partial charge in [-0.2, -0.15) is 0 Å². The summed E-state index contributed by atoms with van der Waals surface area (Å²) in [5, 5.41) is 0. The SMILES string of the molecule is C1CC[C@@H]2[C@@H](C1)CC[C@@H]1CCCC[C@H]12. The van der Waals surface area contributed by atoms with Crippen molar-refractivity contribution in [1.82, 2.24) is 0 Å². The smallest absolute Gasteiger partial charge is 0.0355 e. The van der Waals surface area contributed by atoms with Crippen molar-refractivity contribution in [2.45, 2.75) is 64.2 Å². The monoisotopic (exact) mass is 192 g/mol. The van der Waals surface area contributed by atoms with Gasteiger partial charge < -0.3 is 0 Å². The van der Waals surface area contributed by atoms with Crippen LogP contribution in [-0.2, 0) is 0 Å². The molecule has 80 valence electrons. The average Bonchev–Trinajstić information content (AvgIpc) is 2.29. The van der Waals surface area contributed by atoms with Crippen LogP contribution in [0.5, 0.6) is 0 Å². The maximum absolute atomic E-state index is 1.59. The molecule has 0 aromatic rings. The van der Waals surface area contributed by atoms with E-state index in [0.29, 0.717) is 0 Å². The molecule has 0 nitrogen and oxygen atoms in total. The highest BCUT2D eigenvalue weighted by Crippen LogP contribution is 2.51. The lowest BCUT2D eigenvalue weighted by Crippen LogP contribution is -2.38. The van der Waals surface area contributed by atoms with Gasteiger partial charge in [0.25, 0.3) is 0 Å². The van der Waals surface area contributed by atoms with Crippen LogP contribution in [0, 0.1) is 23.7 Å².